The van der Waals surface area contributed by atoms with Crippen LogP contribution in [0, 0.1) is 0 Å². The van der Waals surface area contributed by atoms with Crippen LogP contribution in [0.15, 0.2) is 47.3 Å². The van der Waals surface area contributed by atoms with Crippen molar-refractivity contribution in [1.29, 1.82) is 0 Å². The third-order valence-corrected chi connectivity index (χ3v) is 2.29. The van der Waals surface area contributed by atoms with Crippen LogP contribution in [0.1, 0.15) is 22.2 Å². The number of amides is 1. The quantitative estimate of drug-likeness (QED) is 0.846. The lowest BCUT2D eigenvalue weighted by Crippen LogP contribution is -2.33. The molecule has 0 aliphatic heterocycles. The molecule has 0 bridgehead atoms. The second kappa shape index (κ2) is 5.13. The summed E-state index contributed by atoms with van der Waals surface area (Å²) in [5, 5.41) is 11.5. The van der Waals surface area contributed by atoms with E-state index in [1.165, 1.54) is 24.7 Å². The third kappa shape index (κ3) is 2.54. The molecule has 2 rings (SSSR count). The molecule has 92 valence electrons. The number of hydrogen-bond donors (Lipinski definition) is 2. The lowest BCUT2D eigenvalue weighted by molar-refractivity contribution is -0.139. The lowest BCUT2D eigenvalue weighted by Gasteiger charge is -2.13. The van der Waals surface area contributed by atoms with Gasteiger partial charge in [0.05, 0.1) is 6.26 Å². The lowest BCUT2D eigenvalue weighted by atomic mass is 10.1. The molecule has 2 N–H and O–H groups in total. The van der Waals surface area contributed by atoms with E-state index in [9.17, 15) is 9.59 Å². The first-order valence-electron chi connectivity index (χ1n) is 5.15. The highest BCUT2D eigenvalue weighted by molar-refractivity contribution is 5.94. The fourth-order valence-corrected chi connectivity index (χ4v) is 1.44. The highest BCUT2D eigenvalue weighted by Gasteiger charge is 2.23. The summed E-state index contributed by atoms with van der Waals surface area (Å²) in [4.78, 5) is 26.7. The van der Waals surface area contributed by atoms with Gasteiger partial charge in [0, 0.05) is 18.0 Å². The van der Waals surface area contributed by atoms with E-state index in [1.54, 1.807) is 18.2 Å². The summed E-state index contributed by atoms with van der Waals surface area (Å²) >= 11 is 0. The van der Waals surface area contributed by atoms with Crippen molar-refractivity contribution in [3.05, 3.63) is 54.2 Å². The normalized spacial score (nSPS) is 11.8. The van der Waals surface area contributed by atoms with Gasteiger partial charge in [-0.15, -0.1) is 0 Å². The molecular formula is C12H10N2O4. The number of nitrogens with zero attached hydrogens (tertiary/aromatic N) is 1. The summed E-state index contributed by atoms with van der Waals surface area (Å²) in [6.45, 7) is 0. The number of carboxylic acid groups (broad SMARTS) is 1. The summed E-state index contributed by atoms with van der Waals surface area (Å²) in [6.07, 6.45) is 4.26. The number of carbonyl (C=O) groups is 2. The van der Waals surface area contributed by atoms with Crippen molar-refractivity contribution >= 4 is 11.9 Å². The molecule has 18 heavy (non-hydrogen) atoms. The smallest absolute Gasteiger partial charge is 0.330 e. The van der Waals surface area contributed by atoms with Crippen molar-refractivity contribution < 1.29 is 19.1 Å². The number of aliphatic carboxylic acids is 1. The molecule has 6 heteroatoms. The third-order valence-electron chi connectivity index (χ3n) is 2.29. The minimum absolute atomic E-state index is 0.0603. The van der Waals surface area contributed by atoms with E-state index < -0.39 is 17.9 Å². The molecule has 0 aliphatic carbocycles. The summed E-state index contributed by atoms with van der Waals surface area (Å²) in [5.74, 6) is -1.69. The van der Waals surface area contributed by atoms with E-state index in [-0.39, 0.29) is 5.76 Å². The minimum Gasteiger partial charge on any atom is -0.479 e. The Kier molecular flexibility index (Phi) is 3.38. The SMILES string of the molecule is O=C(NC(C(=O)O)c1cccnc1)c1ccco1. The van der Waals surface area contributed by atoms with Gasteiger partial charge in [-0.05, 0) is 18.2 Å². The van der Waals surface area contributed by atoms with Crippen molar-refractivity contribution in [2.45, 2.75) is 6.04 Å². The fourth-order valence-electron chi connectivity index (χ4n) is 1.44. The van der Waals surface area contributed by atoms with Crippen LogP contribution in [-0.2, 0) is 4.79 Å². The van der Waals surface area contributed by atoms with Gasteiger partial charge in [-0.25, -0.2) is 4.79 Å². The molecule has 0 saturated carbocycles. The molecule has 0 radical (unpaired) electrons. The zero-order valence-corrected chi connectivity index (χ0v) is 9.24. The summed E-state index contributed by atoms with van der Waals surface area (Å²) < 4.78 is 4.89. The van der Waals surface area contributed by atoms with Gasteiger partial charge in [0.2, 0.25) is 0 Å². The van der Waals surface area contributed by atoms with Crippen LogP contribution in [0.25, 0.3) is 0 Å². The molecule has 0 fully saturated rings. The average molecular weight is 246 g/mol. The molecule has 1 atom stereocenters. The van der Waals surface area contributed by atoms with Crippen molar-refractivity contribution in [3.63, 3.8) is 0 Å². The number of furan rings is 1. The molecule has 2 heterocycles. The van der Waals surface area contributed by atoms with Gasteiger partial charge < -0.3 is 14.8 Å². The second-order valence-electron chi connectivity index (χ2n) is 3.51. The Hall–Kier alpha value is -2.63. The molecule has 1 amide bonds. The van der Waals surface area contributed by atoms with Gasteiger partial charge in [0.1, 0.15) is 0 Å². The van der Waals surface area contributed by atoms with Crippen molar-refractivity contribution in [2.24, 2.45) is 0 Å². The van der Waals surface area contributed by atoms with Crippen LogP contribution in [-0.4, -0.2) is 22.0 Å². The van der Waals surface area contributed by atoms with E-state index in [2.05, 4.69) is 10.3 Å². The van der Waals surface area contributed by atoms with Gasteiger partial charge in [0.15, 0.2) is 11.8 Å². The van der Waals surface area contributed by atoms with Crippen LogP contribution < -0.4 is 5.32 Å². The molecule has 0 saturated heterocycles. The maximum atomic E-state index is 11.7. The maximum Gasteiger partial charge on any atom is 0.330 e. The van der Waals surface area contributed by atoms with E-state index in [0.717, 1.165) is 0 Å². The molecule has 2 aromatic heterocycles. The standard InChI is InChI=1S/C12H10N2O4/c15-11(9-4-2-6-18-9)14-10(12(16)17)8-3-1-5-13-7-8/h1-7,10H,(H,14,15)(H,16,17). The molecule has 1 unspecified atom stereocenters. The van der Waals surface area contributed by atoms with Crippen LogP contribution in [0.5, 0.6) is 0 Å². The molecule has 0 aliphatic rings. The Labute approximate surface area is 102 Å². The summed E-state index contributed by atoms with van der Waals surface area (Å²) in [5.41, 5.74) is 0.393. The Bertz CT molecular complexity index is 536. The van der Waals surface area contributed by atoms with Gasteiger partial charge in [-0.2, -0.15) is 0 Å². The first-order valence-corrected chi connectivity index (χ1v) is 5.15. The van der Waals surface area contributed by atoms with Crippen molar-refractivity contribution in [3.8, 4) is 0 Å². The molecule has 6 nitrogen and oxygen atoms in total. The fraction of sp³-hybridized carbons (Fsp3) is 0.0833. The largest absolute Gasteiger partial charge is 0.479 e. The number of carbonyl (C=O) groups excluding carboxylic acids is 1. The predicted octanol–water partition coefficient (Wildman–Crippen LogP) is 1.23. The predicted molar refractivity (Wildman–Crippen MR) is 60.8 cm³/mol. The van der Waals surface area contributed by atoms with Crippen LogP contribution in [0.4, 0.5) is 0 Å². The van der Waals surface area contributed by atoms with E-state index in [4.69, 9.17) is 9.52 Å². The average Bonchev–Trinajstić information content (AvgIpc) is 2.90. The van der Waals surface area contributed by atoms with E-state index in [0.29, 0.717) is 5.56 Å². The van der Waals surface area contributed by atoms with E-state index in [1.807, 2.05) is 0 Å². The van der Waals surface area contributed by atoms with Gasteiger partial charge >= 0.3 is 5.97 Å². The van der Waals surface area contributed by atoms with E-state index >= 15 is 0 Å². The number of rotatable bonds is 4. The molecular weight excluding hydrogens is 236 g/mol. The number of nitrogens with one attached hydrogen (secondary N) is 1. The first-order chi connectivity index (χ1) is 8.68. The molecule has 2 aromatic rings. The van der Waals surface area contributed by atoms with Crippen molar-refractivity contribution in [1.82, 2.24) is 10.3 Å². The molecule has 0 spiro atoms. The van der Waals surface area contributed by atoms with Gasteiger partial charge in [-0.1, -0.05) is 6.07 Å². The van der Waals surface area contributed by atoms with Crippen molar-refractivity contribution in [2.75, 3.05) is 0 Å². The number of aromatic nitrogens is 1. The topological polar surface area (TPSA) is 92.4 Å². The monoisotopic (exact) mass is 246 g/mol. The second-order valence-corrected chi connectivity index (χ2v) is 3.51. The zero-order valence-electron chi connectivity index (χ0n) is 9.24. The highest BCUT2D eigenvalue weighted by atomic mass is 16.4. The van der Waals surface area contributed by atoms with Gasteiger partial charge in [-0.3, -0.25) is 9.78 Å². The number of pyridine rings is 1. The summed E-state index contributed by atoms with van der Waals surface area (Å²) in [7, 11) is 0. The molecule has 0 aromatic carbocycles. The first kappa shape index (κ1) is 11.8. The van der Waals surface area contributed by atoms with Gasteiger partial charge in [0.25, 0.3) is 5.91 Å². The van der Waals surface area contributed by atoms with Crippen LogP contribution in [0.3, 0.4) is 0 Å². The maximum absolute atomic E-state index is 11.7. The summed E-state index contributed by atoms with van der Waals surface area (Å²) in [6, 6.07) is 5.03. The van der Waals surface area contributed by atoms with Crippen LogP contribution in [0.2, 0.25) is 0 Å². The minimum atomic E-state index is -1.16. The Morgan fingerprint density at radius 1 is 1.33 bits per heavy atom. The Morgan fingerprint density at radius 2 is 2.17 bits per heavy atom. The number of hydrogen-bond acceptors (Lipinski definition) is 4. The highest BCUT2D eigenvalue weighted by Crippen LogP contribution is 2.12. The van der Waals surface area contributed by atoms with Crippen LogP contribution >= 0.6 is 0 Å². The zero-order chi connectivity index (χ0) is 13.0. The Balaban J connectivity index is 2.18. The number of carboxylic acids is 1. The Morgan fingerprint density at radius 3 is 2.72 bits per heavy atom.